The van der Waals surface area contributed by atoms with Crippen LogP contribution in [0.4, 0.5) is 0 Å². The molecular weight excluding hydrogens is 244 g/mol. The van der Waals surface area contributed by atoms with Crippen molar-refractivity contribution < 1.29 is 9.53 Å². The molecule has 0 radical (unpaired) electrons. The molecule has 94 valence electrons. The van der Waals surface area contributed by atoms with Gasteiger partial charge in [0.15, 0.2) is 5.78 Å². The first-order valence-corrected chi connectivity index (χ1v) is 6.92. The van der Waals surface area contributed by atoms with Crippen LogP contribution in [-0.4, -0.2) is 12.4 Å². The lowest BCUT2D eigenvalue weighted by atomic mass is 10.1. The van der Waals surface area contributed by atoms with Crippen LogP contribution in [0.3, 0.4) is 0 Å². The zero-order chi connectivity index (χ0) is 12.6. The molecule has 0 saturated heterocycles. The van der Waals surface area contributed by atoms with E-state index in [1.807, 2.05) is 41.8 Å². The molecular formula is C15H16O2S. The molecule has 2 nitrogen and oxygen atoms in total. The smallest absolute Gasteiger partial charge is 0.162 e. The van der Waals surface area contributed by atoms with Crippen LogP contribution in [0.1, 0.15) is 28.1 Å². The Labute approximate surface area is 111 Å². The molecule has 0 saturated carbocycles. The summed E-state index contributed by atoms with van der Waals surface area (Å²) < 4.78 is 5.52. The first kappa shape index (κ1) is 13.0. The predicted octanol–water partition coefficient (Wildman–Crippen LogP) is 3.93. The van der Waals surface area contributed by atoms with Gasteiger partial charge in [0, 0.05) is 23.5 Å². The summed E-state index contributed by atoms with van der Waals surface area (Å²) in [6, 6.07) is 13.5. The number of hydrogen-bond acceptors (Lipinski definition) is 3. The fourth-order valence-electron chi connectivity index (χ4n) is 1.67. The molecule has 1 heterocycles. The minimum atomic E-state index is 0.190. The van der Waals surface area contributed by atoms with E-state index in [-0.39, 0.29) is 5.78 Å². The van der Waals surface area contributed by atoms with E-state index in [9.17, 15) is 4.79 Å². The van der Waals surface area contributed by atoms with Gasteiger partial charge in [0.05, 0.1) is 6.61 Å². The predicted molar refractivity (Wildman–Crippen MR) is 74.0 cm³/mol. The second-order valence-electron chi connectivity index (χ2n) is 4.02. The summed E-state index contributed by atoms with van der Waals surface area (Å²) >= 11 is 1.69. The van der Waals surface area contributed by atoms with Gasteiger partial charge in [-0.3, -0.25) is 4.79 Å². The van der Waals surface area contributed by atoms with Crippen molar-refractivity contribution in [2.24, 2.45) is 0 Å². The highest BCUT2D eigenvalue weighted by Crippen LogP contribution is 2.10. The van der Waals surface area contributed by atoms with Crippen molar-refractivity contribution >= 4 is 17.1 Å². The standard InChI is InChI=1S/C15H16O2S/c16-15(13-6-2-1-3-7-13)9-4-10-17-12-14-8-5-11-18-14/h1-3,5-8,11H,4,9-10,12H2. The van der Waals surface area contributed by atoms with Gasteiger partial charge in [-0.1, -0.05) is 36.4 Å². The molecule has 2 aromatic rings. The Morgan fingerprint density at radius 1 is 1.11 bits per heavy atom. The average Bonchev–Trinajstić information content (AvgIpc) is 2.92. The molecule has 1 aromatic heterocycles. The van der Waals surface area contributed by atoms with Crippen LogP contribution in [0.25, 0.3) is 0 Å². The van der Waals surface area contributed by atoms with Gasteiger partial charge in [0.1, 0.15) is 0 Å². The van der Waals surface area contributed by atoms with Gasteiger partial charge < -0.3 is 4.74 Å². The molecule has 0 amide bonds. The molecule has 0 aliphatic carbocycles. The number of thiophene rings is 1. The monoisotopic (exact) mass is 260 g/mol. The molecule has 0 bridgehead atoms. The molecule has 0 fully saturated rings. The third-order valence-electron chi connectivity index (χ3n) is 2.61. The maximum atomic E-state index is 11.8. The minimum absolute atomic E-state index is 0.190. The van der Waals surface area contributed by atoms with Gasteiger partial charge in [-0.2, -0.15) is 0 Å². The molecule has 3 heteroatoms. The van der Waals surface area contributed by atoms with Crippen molar-refractivity contribution in [2.75, 3.05) is 6.61 Å². The van der Waals surface area contributed by atoms with Crippen LogP contribution >= 0.6 is 11.3 Å². The van der Waals surface area contributed by atoms with Crippen LogP contribution in [0.15, 0.2) is 47.8 Å². The molecule has 0 unspecified atom stereocenters. The Hall–Kier alpha value is -1.45. The lowest BCUT2D eigenvalue weighted by Crippen LogP contribution is -2.02. The summed E-state index contributed by atoms with van der Waals surface area (Å²) in [5, 5.41) is 2.04. The average molecular weight is 260 g/mol. The second kappa shape index (κ2) is 7.09. The van der Waals surface area contributed by atoms with Crippen LogP contribution in [0, 0.1) is 0 Å². The first-order chi connectivity index (χ1) is 8.86. The van der Waals surface area contributed by atoms with E-state index in [1.54, 1.807) is 11.3 Å². The maximum Gasteiger partial charge on any atom is 0.162 e. The Morgan fingerprint density at radius 3 is 2.67 bits per heavy atom. The fraction of sp³-hybridized carbons (Fsp3) is 0.267. The highest BCUT2D eigenvalue weighted by atomic mass is 32.1. The van der Waals surface area contributed by atoms with E-state index < -0.39 is 0 Å². The van der Waals surface area contributed by atoms with Gasteiger partial charge in [0.25, 0.3) is 0 Å². The molecule has 18 heavy (non-hydrogen) atoms. The summed E-state index contributed by atoms with van der Waals surface area (Å²) in [5.41, 5.74) is 0.788. The van der Waals surface area contributed by atoms with Crippen LogP contribution < -0.4 is 0 Å². The number of benzene rings is 1. The third kappa shape index (κ3) is 4.09. The summed E-state index contributed by atoms with van der Waals surface area (Å²) in [6.07, 6.45) is 1.33. The van der Waals surface area contributed by atoms with Crippen molar-refractivity contribution in [2.45, 2.75) is 19.4 Å². The molecule has 2 rings (SSSR count). The van der Waals surface area contributed by atoms with E-state index in [0.717, 1.165) is 12.0 Å². The van der Waals surface area contributed by atoms with Crippen LogP contribution in [-0.2, 0) is 11.3 Å². The largest absolute Gasteiger partial charge is 0.376 e. The summed E-state index contributed by atoms with van der Waals surface area (Å²) in [4.78, 5) is 13.0. The van der Waals surface area contributed by atoms with Gasteiger partial charge in [-0.05, 0) is 17.9 Å². The fourth-order valence-corrected chi connectivity index (χ4v) is 2.31. The Bertz CT molecular complexity index is 463. The Kier molecular flexibility index (Phi) is 5.12. The lowest BCUT2D eigenvalue weighted by Gasteiger charge is -2.02. The number of ketones is 1. The SMILES string of the molecule is O=C(CCCOCc1cccs1)c1ccccc1. The Morgan fingerprint density at radius 2 is 1.94 bits per heavy atom. The molecule has 0 aliphatic heterocycles. The van der Waals surface area contributed by atoms with Gasteiger partial charge in [-0.15, -0.1) is 11.3 Å². The molecule has 0 aliphatic rings. The van der Waals surface area contributed by atoms with Crippen molar-refractivity contribution in [1.82, 2.24) is 0 Å². The van der Waals surface area contributed by atoms with Gasteiger partial charge >= 0.3 is 0 Å². The Balaban J connectivity index is 1.62. The van der Waals surface area contributed by atoms with E-state index in [1.165, 1.54) is 4.88 Å². The first-order valence-electron chi connectivity index (χ1n) is 6.04. The highest BCUT2D eigenvalue weighted by Gasteiger charge is 2.04. The van der Waals surface area contributed by atoms with E-state index in [2.05, 4.69) is 6.07 Å². The molecule has 0 spiro atoms. The van der Waals surface area contributed by atoms with Crippen LogP contribution in [0.5, 0.6) is 0 Å². The summed E-state index contributed by atoms with van der Waals surface area (Å²) in [5.74, 6) is 0.190. The van der Waals surface area contributed by atoms with Gasteiger partial charge in [-0.25, -0.2) is 0 Å². The number of Topliss-reactive ketones (excluding diaryl/α,β-unsaturated/α-hetero) is 1. The highest BCUT2D eigenvalue weighted by molar-refractivity contribution is 7.09. The lowest BCUT2D eigenvalue weighted by molar-refractivity contribution is 0.0922. The van der Waals surface area contributed by atoms with Crippen molar-refractivity contribution in [3.8, 4) is 0 Å². The number of hydrogen-bond donors (Lipinski definition) is 0. The normalized spacial score (nSPS) is 10.4. The zero-order valence-corrected chi connectivity index (χ0v) is 11.0. The zero-order valence-electron chi connectivity index (χ0n) is 10.2. The molecule has 0 atom stereocenters. The number of ether oxygens (including phenoxy) is 1. The van der Waals surface area contributed by atoms with Crippen molar-refractivity contribution in [3.05, 3.63) is 58.3 Å². The van der Waals surface area contributed by atoms with Crippen molar-refractivity contribution in [3.63, 3.8) is 0 Å². The van der Waals surface area contributed by atoms with Crippen LogP contribution in [0.2, 0.25) is 0 Å². The second-order valence-corrected chi connectivity index (χ2v) is 5.06. The molecule has 0 N–H and O–H groups in total. The quantitative estimate of drug-likeness (QED) is 0.557. The summed E-state index contributed by atoms with van der Waals surface area (Å²) in [7, 11) is 0. The van der Waals surface area contributed by atoms with Gasteiger partial charge in [0.2, 0.25) is 0 Å². The summed E-state index contributed by atoms with van der Waals surface area (Å²) in [6.45, 7) is 1.29. The third-order valence-corrected chi connectivity index (χ3v) is 3.46. The number of carbonyl (C=O) groups excluding carboxylic acids is 1. The molecule has 1 aromatic carbocycles. The van der Waals surface area contributed by atoms with Crippen molar-refractivity contribution in [1.29, 1.82) is 0 Å². The van der Waals surface area contributed by atoms with E-state index >= 15 is 0 Å². The topological polar surface area (TPSA) is 26.3 Å². The number of rotatable bonds is 7. The van der Waals surface area contributed by atoms with E-state index in [4.69, 9.17) is 4.74 Å². The minimum Gasteiger partial charge on any atom is -0.376 e. The van der Waals surface area contributed by atoms with E-state index in [0.29, 0.717) is 19.6 Å². The number of carbonyl (C=O) groups is 1. The maximum absolute atomic E-state index is 11.8.